The second-order valence-corrected chi connectivity index (χ2v) is 8.91. The fourth-order valence-corrected chi connectivity index (χ4v) is 4.70. The number of rotatable bonds is 7. The van der Waals surface area contributed by atoms with Crippen molar-refractivity contribution in [2.45, 2.75) is 38.5 Å². The number of morpholine rings is 1. The first-order valence-corrected chi connectivity index (χ1v) is 11.8. The summed E-state index contributed by atoms with van der Waals surface area (Å²) in [6.07, 6.45) is 6.68. The highest BCUT2D eigenvalue weighted by atomic mass is 35.5. The fourth-order valence-electron chi connectivity index (χ4n) is 4.58. The predicted octanol–water partition coefficient (Wildman–Crippen LogP) is 5.12. The molecule has 31 heavy (non-hydrogen) atoms. The smallest absolute Gasteiger partial charge is 0.126 e. The number of likely N-dealkylation sites (tertiary alicyclic amines) is 1. The van der Waals surface area contributed by atoms with Gasteiger partial charge >= 0.3 is 0 Å². The van der Waals surface area contributed by atoms with E-state index in [1.807, 2.05) is 43.3 Å². The van der Waals surface area contributed by atoms with Gasteiger partial charge in [-0.15, -0.1) is 0 Å². The van der Waals surface area contributed by atoms with Gasteiger partial charge in [-0.1, -0.05) is 54.1 Å². The monoisotopic (exact) mass is 440 g/mol. The van der Waals surface area contributed by atoms with E-state index >= 15 is 0 Å². The molecule has 0 N–H and O–H groups in total. The number of para-hydroxylation sites is 1. The van der Waals surface area contributed by atoms with Crippen LogP contribution in [-0.2, 0) is 11.3 Å². The predicted molar refractivity (Wildman–Crippen MR) is 128 cm³/mol. The number of nitrogens with zero attached hydrogens (tertiary/aromatic N) is 2. The largest absolute Gasteiger partial charge is 0.490 e. The molecule has 2 fully saturated rings. The van der Waals surface area contributed by atoms with Crippen LogP contribution in [0.3, 0.4) is 0 Å². The second kappa shape index (κ2) is 11.1. The summed E-state index contributed by atoms with van der Waals surface area (Å²) in [6.45, 7) is 8.68. The van der Waals surface area contributed by atoms with Crippen molar-refractivity contribution in [2.24, 2.45) is 0 Å². The first kappa shape index (κ1) is 22.3. The lowest BCUT2D eigenvalue weighted by molar-refractivity contribution is -0.0674. The zero-order valence-electron chi connectivity index (χ0n) is 18.4. The Bertz CT molecular complexity index is 847. The van der Waals surface area contributed by atoms with E-state index in [-0.39, 0.29) is 6.10 Å². The number of benzene rings is 2. The highest BCUT2D eigenvalue weighted by Gasteiger charge is 2.29. The van der Waals surface area contributed by atoms with Gasteiger partial charge in [-0.3, -0.25) is 9.80 Å². The van der Waals surface area contributed by atoms with Gasteiger partial charge in [0.05, 0.1) is 6.61 Å². The third-order valence-corrected chi connectivity index (χ3v) is 6.51. The van der Waals surface area contributed by atoms with Gasteiger partial charge in [0.25, 0.3) is 0 Å². The van der Waals surface area contributed by atoms with Gasteiger partial charge in [-0.25, -0.2) is 0 Å². The summed E-state index contributed by atoms with van der Waals surface area (Å²) in [7, 11) is 0. The van der Waals surface area contributed by atoms with Crippen LogP contribution >= 0.6 is 11.6 Å². The van der Waals surface area contributed by atoms with Crippen molar-refractivity contribution in [2.75, 3.05) is 39.4 Å². The third-order valence-electron chi connectivity index (χ3n) is 6.25. The normalized spacial score (nSPS) is 21.5. The highest BCUT2D eigenvalue weighted by molar-refractivity contribution is 6.30. The van der Waals surface area contributed by atoms with Crippen molar-refractivity contribution in [3.05, 3.63) is 70.8 Å². The van der Waals surface area contributed by atoms with Gasteiger partial charge < -0.3 is 9.47 Å². The van der Waals surface area contributed by atoms with Crippen molar-refractivity contribution in [3.8, 4) is 5.75 Å². The van der Waals surface area contributed by atoms with Crippen LogP contribution in [0.4, 0.5) is 0 Å². The fraction of sp³-hybridized carbons (Fsp3) is 0.462. The van der Waals surface area contributed by atoms with Gasteiger partial charge in [0.1, 0.15) is 18.5 Å². The Hall–Kier alpha value is -1.85. The molecule has 0 aromatic heterocycles. The van der Waals surface area contributed by atoms with Crippen molar-refractivity contribution in [1.29, 1.82) is 0 Å². The Balaban J connectivity index is 1.24. The average molecular weight is 441 g/mol. The molecule has 0 radical (unpaired) electrons. The molecule has 2 aliphatic rings. The molecule has 2 aliphatic heterocycles. The maximum absolute atomic E-state index is 6.14. The number of ether oxygens (including phenoxy) is 2. The number of piperidine rings is 1. The molecule has 2 heterocycles. The maximum atomic E-state index is 6.14. The van der Waals surface area contributed by atoms with Crippen molar-refractivity contribution >= 4 is 17.7 Å². The van der Waals surface area contributed by atoms with Gasteiger partial charge in [0.2, 0.25) is 0 Å². The first-order valence-electron chi connectivity index (χ1n) is 11.4. The number of hydrogen-bond donors (Lipinski definition) is 0. The molecule has 5 heteroatoms. The lowest BCUT2D eigenvalue weighted by atomic mass is 10.0. The van der Waals surface area contributed by atoms with Crippen LogP contribution in [0, 0.1) is 0 Å². The minimum absolute atomic E-state index is 0.125. The van der Waals surface area contributed by atoms with Gasteiger partial charge in [-0.05, 0) is 56.6 Å². The van der Waals surface area contributed by atoms with E-state index in [1.165, 1.54) is 18.4 Å². The molecule has 2 aromatic rings. The van der Waals surface area contributed by atoms with Crippen LogP contribution in [0.15, 0.2) is 54.6 Å². The minimum Gasteiger partial charge on any atom is -0.490 e. The molecule has 0 saturated carbocycles. The standard InChI is InChI=1S/C26H33ClN2O2/c1-2-5-22-6-3-4-7-26(22)31-20-25-19-29(16-17-30-25)24-12-14-28(15-13-24)18-21-8-10-23(27)11-9-21/h2-11,24-25H,12-20H2,1H3/b5-2+. The summed E-state index contributed by atoms with van der Waals surface area (Å²) < 4.78 is 12.2. The Labute approximate surface area is 191 Å². The van der Waals surface area contributed by atoms with Crippen molar-refractivity contribution < 1.29 is 9.47 Å². The van der Waals surface area contributed by atoms with Gasteiger partial charge in [0, 0.05) is 36.3 Å². The molecule has 0 bridgehead atoms. The van der Waals surface area contributed by atoms with E-state index in [2.05, 4.69) is 34.1 Å². The maximum Gasteiger partial charge on any atom is 0.126 e. The van der Waals surface area contributed by atoms with E-state index in [9.17, 15) is 0 Å². The minimum atomic E-state index is 0.125. The number of hydrogen-bond acceptors (Lipinski definition) is 4. The zero-order valence-corrected chi connectivity index (χ0v) is 19.1. The summed E-state index contributed by atoms with van der Waals surface area (Å²) in [5, 5.41) is 0.804. The molecule has 1 atom stereocenters. The molecule has 0 spiro atoms. The molecule has 2 saturated heterocycles. The lowest BCUT2D eigenvalue weighted by Crippen LogP contribution is -2.52. The topological polar surface area (TPSA) is 24.9 Å². The summed E-state index contributed by atoms with van der Waals surface area (Å²) in [4.78, 5) is 5.17. The third kappa shape index (κ3) is 6.33. The van der Waals surface area contributed by atoms with E-state index < -0.39 is 0 Å². The Morgan fingerprint density at radius 3 is 2.61 bits per heavy atom. The summed E-state index contributed by atoms with van der Waals surface area (Å²) in [6, 6.07) is 17.1. The van der Waals surface area contributed by atoms with Crippen LogP contribution in [0.5, 0.6) is 5.75 Å². The molecule has 166 valence electrons. The van der Waals surface area contributed by atoms with Crippen LogP contribution in [0.1, 0.15) is 30.9 Å². The highest BCUT2D eigenvalue weighted by Crippen LogP contribution is 2.23. The Morgan fingerprint density at radius 1 is 1.06 bits per heavy atom. The molecule has 4 nitrogen and oxygen atoms in total. The van der Waals surface area contributed by atoms with Crippen molar-refractivity contribution in [3.63, 3.8) is 0 Å². The van der Waals surface area contributed by atoms with Gasteiger partial charge in [0.15, 0.2) is 0 Å². The van der Waals surface area contributed by atoms with Crippen LogP contribution in [-0.4, -0.2) is 61.3 Å². The summed E-state index contributed by atoms with van der Waals surface area (Å²) >= 11 is 6.01. The SMILES string of the molecule is C/C=C/c1ccccc1OCC1CN(C2CCN(Cc3ccc(Cl)cc3)CC2)CCO1. The lowest BCUT2D eigenvalue weighted by Gasteiger charge is -2.42. The Morgan fingerprint density at radius 2 is 1.84 bits per heavy atom. The summed E-state index contributed by atoms with van der Waals surface area (Å²) in [5.41, 5.74) is 2.45. The number of allylic oxidation sites excluding steroid dienone is 1. The molecular formula is C26H33ClN2O2. The quantitative estimate of drug-likeness (QED) is 0.596. The van der Waals surface area contributed by atoms with E-state index in [0.29, 0.717) is 12.6 Å². The van der Waals surface area contributed by atoms with Crippen LogP contribution in [0.25, 0.3) is 6.08 Å². The molecule has 0 aliphatic carbocycles. The first-order chi connectivity index (χ1) is 15.2. The van der Waals surface area contributed by atoms with E-state index in [0.717, 1.165) is 55.7 Å². The molecule has 4 rings (SSSR count). The zero-order chi connectivity index (χ0) is 21.5. The molecule has 0 amide bonds. The second-order valence-electron chi connectivity index (χ2n) is 8.47. The molecule has 1 unspecified atom stereocenters. The van der Waals surface area contributed by atoms with E-state index in [1.54, 1.807) is 0 Å². The van der Waals surface area contributed by atoms with Crippen LogP contribution in [0.2, 0.25) is 5.02 Å². The van der Waals surface area contributed by atoms with Crippen LogP contribution < -0.4 is 4.74 Å². The van der Waals surface area contributed by atoms with Gasteiger partial charge in [-0.2, -0.15) is 0 Å². The summed E-state index contributed by atoms with van der Waals surface area (Å²) in [5.74, 6) is 0.928. The number of halogens is 1. The Kier molecular flexibility index (Phi) is 8.03. The molecular weight excluding hydrogens is 408 g/mol. The van der Waals surface area contributed by atoms with Crippen molar-refractivity contribution in [1.82, 2.24) is 9.80 Å². The average Bonchev–Trinajstić information content (AvgIpc) is 2.81. The molecule has 2 aromatic carbocycles. The van der Waals surface area contributed by atoms with E-state index in [4.69, 9.17) is 21.1 Å².